The summed E-state index contributed by atoms with van der Waals surface area (Å²) < 4.78 is 0. The average molecular weight is 324 g/mol. The Hall–Kier alpha value is -2.93. The molecule has 0 bridgehead atoms. The van der Waals surface area contributed by atoms with Crippen molar-refractivity contribution < 1.29 is 9.59 Å². The van der Waals surface area contributed by atoms with E-state index in [0.29, 0.717) is 11.4 Å². The summed E-state index contributed by atoms with van der Waals surface area (Å²) in [5.74, 6) is -1.96. The van der Waals surface area contributed by atoms with Crippen LogP contribution in [0.5, 0.6) is 0 Å². The molecule has 2 heterocycles. The lowest BCUT2D eigenvalue weighted by atomic mass is 10.1. The summed E-state index contributed by atoms with van der Waals surface area (Å²) in [5, 5.41) is 2.60. The quantitative estimate of drug-likeness (QED) is 0.531. The molecule has 3 rings (SSSR count). The molecule has 2 amide bonds. The molecule has 1 aromatic heterocycles. The molecule has 0 aliphatic carbocycles. The first kappa shape index (κ1) is 15.0. The van der Waals surface area contributed by atoms with Crippen molar-refractivity contribution >= 4 is 46.7 Å². The van der Waals surface area contributed by atoms with E-state index in [-0.39, 0.29) is 5.11 Å². The second-order valence-corrected chi connectivity index (χ2v) is 5.16. The number of carbonyl (C=O) groups excluding carboxylic acids is 2. The average Bonchev–Trinajstić information content (AvgIpc) is 2.56. The minimum atomic E-state index is -1.04. The molecule has 1 aromatic carbocycles. The van der Waals surface area contributed by atoms with Crippen molar-refractivity contribution in [2.24, 2.45) is 10.9 Å². The van der Waals surface area contributed by atoms with Crippen LogP contribution in [0.4, 0.5) is 11.4 Å². The van der Waals surface area contributed by atoms with Gasteiger partial charge < -0.3 is 5.32 Å². The van der Waals surface area contributed by atoms with Gasteiger partial charge in [0, 0.05) is 12.4 Å². The largest absolute Gasteiger partial charge is 0.301 e. The molecule has 1 aliphatic heterocycles. The number of hydrogen-bond donors (Lipinski definition) is 1. The van der Waals surface area contributed by atoms with Crippen LogP contribution in [-0.2, 0) is 9.59 Å². The number of nitrogens with one attached hydrogen (secondary N) is 1. The molecular formula is C16H12N4O2S. The Morgan fingerprint density at radius 2 is 1.96 bits per heavy atom. The number of rotatable bonds is 3. The molecule has 0 radical (unpaired) electrons. The number of hydrogen-bond acceptors (Lipinski definition) is 5. The summed E-state index contributed by atoms with van der Waals surface area (Å²) in [6.45, 7) is 0. The van der Waals surface area contributed by atoms with E-state index in [0.717, 1.165) is 0 Å². The molecule has 114 valence electrons. The minimum absolute atomic E-state index is 0.0669. The Kier molecular flexibility index (Phi) is 4.20. The topological polar surface area (TPSA) is 74.7 Å². The lowest BCUT2D eigenvalue weighted by Gasteiger charge is -2.30. The van der Waals surface area contributed by atoms with Gasteiger partial charge in [0.2, 0.25) is 5.91 Å². The molecule has 0 spiro atoms. The van der Waals surface area contributed by atoms with Crippen molar-refractivity contribution in [1.29, 1.82) is 0 Å². The van der Waals surface area contributed by atoms with Crippen LogP contribution in [0.3, 0.4) is 0 Å². The minimum Gasteiger partial charge on any atom is -0.301 e. The predicted molar refractivity (Wildman–Crippen MR) is 90.5 cm³/mol. The number of thiocarbonyl (C=S) groups is 1. The summed E-state index contributed by atoms with van der Waals surface area (Å²) in [6.07, 6.45) is 4.47. The molecule has 1 saturated heterocycles. The van der Waals surface area contributed by atoms with Crippen molar-refractivity contribution in [3.63, 3.8) is 0 Å². The molecule has 1 atom stereocenters. The van der Waals surface area contributed by atoms with Crippen LogP contribution in [-0.4, -0.2) is 28.1 Å². The Balaban J connectivity index is 1.88. The lowest BCUT2D eigenvalue weighted by Crippen LogP contribution is -2.58. The molecular weight excluding hydrogens is 312 g/mol. The molecule has 1 fully saturated rings. The highest BCUT2D eigenvalue weighted by atomic mass is 32.1. The summed E-state index contributed by atoms with van der Waals surface area (Å²) in [5.41, 5.74) is 1.16. The van der Waals surface area contributed by atoms with Gasteiger partial charge in [-0.05, 0) is 36.5 Å². The van der Waals surface area contributed by atoms with Gasteiger partial charge in [0.15, 0.2) is 11.0 Å². The van der Waals surface area contributed by atoms with E-state index in [1.165, 1.54) is 11.1 Å². The highest BCUT2D eigenvalue weighted by Gasteiger charge is 2.38. The maximum atomic E-state index is 12.6. The molecule has 0 saturated carbocycles. The van der Waals surface area contributed by atoms with Gasteiger partial charge >= 0.3 is 0 Å². The van der Waals surface area contributed by atoms with Gasteiger partial charge in [-0.3, -0.25) is 24.5 Å². The molecule has 7 heteroatoms. The summed E-state index contributed by atoms with van der Waals surface area (Å²) in [4.78, 5) is 34.1. The standard InChI is InChI=1S/C16H12N4O2S/c21-14-13(10-18-11-5-4-8-17-9-11)15(22)20(16(23)19-14)12-6-2-1-3-7-12/h1-10,13H,(H,19,21,23)/t13-/m0/s1. The Bertz CT molecular complexity index is 777. The Morgan fingerprint density at radius 3 is 2.65 bits per heavy atom. The van der Waals surface area contributed by atoms with E-state index in [2.05, 4.69) is 15.3 Å². The smallest absolute Gasteiger partial charge is 0.251 e. The van der Waals surface area contributed by atoms with E-state index in [4.69, 9.17) is 12.2 Å². The van der Waals surface area contributed by atoms with Crippen LogP contribution in [0, 0.1) is 5.92 Å². The lowest BCUT2D eigenvalue weighted by molar-refractivity contribution is -0.130. The molecule has 1 aliphatic rings. The highest BCUT2D eigenvalue weighted by molar-refractivity contribution is 7.80. The third kappa shape index (κ3) is 3.14. The number of nitrogens with zero attached hydrogens (tertiary/aromatic N) is 3. The van der Waals surface area contributed by atoms with Gasteiger partial charge in [-0.15, -0.1) is 0 Å². The monoisotopic (exact) mass is 324 g/mol. The van der Waals surface area contributed by atoms with Crippen LogP contribution < -0.4 is 10.2 Å². The maximum Gasteiger partial charge on any atom is 0.251 e. The van der Waals surface area contributed by atoms with Crippen LogP contribution in [0.2, 0.25) is 0 Å². The van der Waals surface area contributed by atoms with Crippen molar-refractivity contribution in [3.8, 4) is 0 Å². The zero-order valence-electron chi connectivity index (χ0n) is 11.9. The molecule has 23 heavy (non-hydrogen) atoms. The van der Waals surface area contributed by atoms with Crippen LogP contribution >= 0.6 is 12.2 Å². The van der Waals surface area contributed by atoms with Crippen LogP contribution in [0.25, 0.3) is 0 Å². The summed E-state index contributed by atoms with van der Waals surface area (Å²) in [7, 11) is 0. The fourth-order valence-corrected chi connectivity index (χ4v) is 2.43. The van der Waals surface area contributed by atoms with E-state index < -0.39 is 17.7 Å². The van der Waals surface area contributed by atoms with Gasteiger partial charge in [-0.25, -0.2) is 0 Å². The third-order valence-corrected chi connectivity index (χ3v) is 3.52. The number of aromatic nitrogens is 1. The van der Waals surface area contributed by atoms with E-state index >= 15 is 0 Å². The highest BCUT2D eigenvalue weighted by Crippen LogP contribution is 2.20. The van der Waals surface area contributed by atoms with Crippen LogP contribution in [0.1, 0.15) is 0 Å². The van der Waals surface area contributed by atoms with Crippen molar-refractivity contribution in [2.75, 3.05) is 4.90 Å². The molecule has 0 unspecified atom stereocenters. The van der Waals surface area contributed by atoms with E-state index in [1.54, 1.807) is 48.8 Å². The first-order chi connectivity index (χ1) is 11.2. The number of carbonyl (C=O) groups is 2. The van der Waals surface area contributed by atoms with E-state index in [9.17, 15) is 9.59 Å². The van der Waals surface area contributed by atoms with Gasteiger partial charge in [-0.1, -0.05) is 18.2 Å². The molecule has 2 aromatic rings. The van der Waals surface area contributed by atoms with Crippen molar-refractivity contribution in [2.45, 2.75) is 0 Å². The third-order valence-electron chi connectivity index (χ3n) is 3.24. The van der Waals surface area contributed by atoms with E-state index in [1.807, 2.05) is 6.07 Å². The SMILES string of the molecule is O=C1NC(=S)N(c2ccccc2)C(=O)[C@H]1C=Nc1cccnc1. The zero-order valence-corrected chi connectivity index (χ0v) is 12.7. The number of aliphatic imine (C=N–C) groups is 1. The first-order valence-electron chi connectivity index (χ1n) is 6.85. The van der Waals surface area contributed by atoms with Crippen LogP contribution in [0.15, 0.2) is 59.9 Å². The van der Waals surface area contributed by atoms with Gasteiger partial charge in [0.25, 0.3) is 5.91 Å². The number of anilines is 1. The predicted octanol–water partition coefficient (Wildman–Crippen LogP) is 1.85. The summed E-state index contributed by atoms with van der Waals surface area (Å²) in [6, 6.07) is 12.4. The number of benzene rings is 1. The van der Waals surface area contributed by atoms with Gasteiger partial charge in [-0.2, -0.15) is 0 Å². The Labute approximate surface area is 137 Å². The van der Waals surface area contributed by atoms with Crippen molar-refractivity contribution in [3.05, 3.63) is 54.9 Å². The molecule has 1 N–H and O–H groups in total. The fraction of sp³-hybridized carbons (Fsp3) is 0.0625. The normalized spacial score (nSPS) is 18.3. The first-order valence-corrected chi connectivity index (χ1v) is 7.26. The number of amides is 2. The van der Waals surface area contributed by atoms with Gasteiger partial charge in [0.05, 0.1) is 17.6 Å². The summed E-state index contributed by atoms with van der Waals surface area (Å²) >= 11 is 5.11. The number of para-hydroxylation sites is 1. The molecule has 6 nitrogen and oxygen atoms in total. The number of pyridine rings is 1. The maximum absolute atomic E-state index is 12.6. The fourth-order valence-electron chi connectivity index (χ4n) is 2.13. The van der Waals surface area contributed by atoms with Gasteiger partial charge in [0.1, 0.15) is 0 Å². The van der Waals surface area contributed by atoms with Crippen molar-refractivity contribution in [1.82, 2.24) is 10.3 Å². The second-order valence-electron chi connectivity index (χ2n) is 4.77. The second kappa shape index (κ2) is 6.45. The zero-order chi connectivity index (χ0) is 16.2. The Morgan fingerprint density at radius 1 is 1.17 bits per heavy atom.